The van der Waals surface area contributed by atoms with Crippen LogP contribution in [0.2, 0.25) is 0 Å². The number of cyclic esters (lactones) is 1. The van der Waals surface area contributed by atoms with Gasteiger partial charge in [-0.2, -0.15) is 0 Å². The van der Waals surface area contributed by atoms with E-state index in [4.69, 9.17) is 38.3 Å². The third-order valence-electron chi connectivity index (χ3n) is 13.8. The summed E-state index contributed by atoms with van der Waals surface area (Å²) in [7, 11) is 3.89. The molecule has 5 aliphatic heterocycles. The summed E-state index contributed by atoms with van der Waals surface area (Å²) in [5, 5.41) is 18.6. The molecule has 5 aliphatic rings. The Morgan fingerprint density at radius 2 is 1.77 bits per heavy atom. The normalized spacial score (nSPS) is 39.9. The molecule has 4 bridgehead atoms. The lowest BCUT2D eigenvalue weighted by molar-refractivity contribution is -0.302. The Labute approximate surface area is 354 Å². The van der Waals surface area contributed by atoms with Crippen LogP contribution in [0.1, 0.15) is 80.2 Å². The highest BCUT2D eigenvalue weighted by atomic mass is 16.7. The fraction of sp³-hybridized carbons (Fsp3) is 0.696. The van der Waals surface area contributed by atoms with Gasteiger partial charge < -0.3 is 43.3 Å². The maximum atomic E-state index is 14.6. The highest BCUT2D eigenvalue weighted by molar-refractivity contribution is 5.91. The molecule has 7 rings (SSSR count). The molecule has 2 aromatic rings. The van der Waals surface area contributed by atoms with Crippen molar-refractivity contribution in [1.82, 2.24) is 9.80 Å². The number of esters is 1. The van der Waals surface area contributed by atoms with E-state index in [2.05, 4.69) is 37.2 Å². The van der Waals surface area contributed by atoms with Crippen LogP contribution in [-0.2, 0) is 44.7 Å². The number of likely N-dealkylation sites (N-methyl/N-ethyl adjacent to an activating group) is 1. The van der Waals surface area contributed by atoms with Crippen LogP contribution in [0.3, 0.4) is 0 Å². The van der Waals surface area contributed by atoms with Gasteiger partial charge in [-0.3, -0.25) is 14.7 Å². The SMILES string of the molecule is CC[C@H]1OC(=O)[C@H](C)[C@H]2OC/C(=N\OCc3cccc4ccccc34)CO[C@](C)(C[C@@H](C)C3=NCCN4C(=O)O[C@@]1(C)[C@H]4[C@H]3C)[C@H](O[C@H]1O[C@@H](C)C[C@@H](N(C)C)[C@@H]1O)[C@H]2C. The molecule has 1 N–H and O–H groups in total. The van der Waals surface area contributed by atoms with Crippen LogP contribution in [-0.4, -0.2) is 139 Å². The van der Waals surface area contributed by atoms with Gasteiger partial charge in [0.1, 0.15) is 24.5 Å². The smallest absolute Gasteiger partial charge is 0.410 e. The number of fused-ring (bicyclic) bond motifs is 5. The van der Waals surface area contributed by atoms with E-state index < -0.39 is 71.8 Å². The van der Waals surface area contributed by atoms with Crippen LogP contribution in [0.15, 0.2) is 52.6 Å². The number of ether oxygens (including phenoxy) is 6. The van der Waals surface area contributed by atoms with E-state index in [1.54, 1.807) is 11.8 Å². The molecule has 0 aliphatic carbocycles. The molecule has 0 spiro atoms. The van der Waals surface area contributed by atoms with Gasteiger partial charge in [0.05, 0.1) is 55.6 Å². The van der Waals surface area contributed by atoms with Gasteiger partial charge in [0, 0.05) is 30.1 Å². The van der Waals surface area contributed by atoms with Gasteiger partial charge in [0.2, 0.25) is 0 Å². The molecule has 1 amide bonds. The lowest BCUT2D eigenvalue weighted by atomic mass is 9.72. The van der Waals surface area contributed by atoms with Gasteiger partial charge in [-0.25, -0.2) is 4.79 Å². The highest BCUT2D eigenvalue weighted by Crippen LogP contribution is 2.45. The topological polar surface area (TPSA) is 150 Å². The summed E-state index contributed by atoms with van der Waals surface area (Å²) in [5.41, 5.74) is 0.198. The molecule has 4 saturated heterocycles. The van der Waals surface area contributed by atoms with Gasteiger partial charge in [0.15, 0.2) is 11.9 Å². The van der Waals surface area contributed by atoms with Crippen LogP contribution < -0.4 is 0 Å². The number of aliphatic hydroxyl groups excluding tert-OH is 1. The summed E-state index contributed by atoms with van der Waals surface area (Å²) in [4.78, 5) is 43.1. The molecule has 0 unspecified atom stereocenters. The molecule has 0 radical (unpaired) electrons. The summed E-state index contributed by atoms with van der Waals surface area (Å²) in [6, 6.07) is 13.6. The highest BCUT2D eigenvalue weighted by Gasteiger charge is 2.60. The van der Waals surface area contributed by atoms with E-state index in [0.29, 0.717) is 38.1 Å². The first-order valence-electron chi connectivity index (χ1n) is 21.9. The van der Waals surface area contributed by atoms with Gasteiger partial charge in [-0.15, -0.1) is 0 Å². The second kappa shape index (κ2) is 18.0. The van der Waals surface area contributed by atoms with E-state index in [1.165, 1.54) is 0 Å². The van der Waals surface area contributed by atoms with Crippen LogP contribution in [0, 0.1) is 23.7 Å². The van der Waals surface area contributed by atoms with Crippen molar-refractivity contribution >= 4 is 34.3 Å². The van der Waals surface area contributed by atoms with Gasteiger partial charge in [-0.05, 0) is 83.3 Å². The van der Waals surface area contributed by atoms with Gasteiger partial charge in [0.25, 0.3) is 0 Å². The van der Waals surface area contributed by atoms with Crippen LogP contribution in [0.5, 0.6) is 0 Å². The van der Waals surface area contributed by atoms with Crippen LogP contribution in [0.25, 0.3) is 10.8 Å². The van der Waals surface area contributed by atoms with Crippen molar-refractivity contribution in [3.05, 3.63) is 48.0 Å². The summed E-state index contributed by atoms with van der Waals surface area (Å²) < 4.78 is 40.0. The number of amides is 1. The zero-order valence-electron chi connectivity index (χ0n) is 37.0. The molecule has 14 heteroatoms. The summed E-state index contributed by atoms with van der Waals surface area (Å²) >= 11 is 0. The molecule has 0 saturated carbocycles. The Morgan fingerprint density at radius 3 is 2.52 bits per heavy atom. The predicted octanol–water partition coefficient (Wildman–Crippen LogP) is 6.00. The van der Waals surface area contributed by atoms with Crippen molar-refractivity contribution in [3.63, 3.8) is 0 Å². The number of nitrogens with zero attached hydrogens (tertiary/aromatic N) is 4. The second-order valence-electron chi connectivity index (χ2n) is 18.4. The molecular formula is C46H66N4O10. The van der Waals surface area contributed by atoms with E-state index in [9.17, 15) is 14.7 Å². The maximum absolute atomic E-state index is 14.6. The quantitative estimate of drug-likeness (QED) is 0.259. The van der Waals surface area contributed by atoms with Crippen molar-refractivity contribution in [2.75, 3.05) is 40.4 Å². The minimum Gasteiger partial charge on any atom is -0.458 e. The fourth-order valence-corrected chi connectivity index (χ4v) is 10.8. The van der Waals surface area contributed by atoms with Crippen molar-refractivity contribution in [2.24, 2.45) is 33.8 Å². The first-order chi connectivity index (χ1) is 28.6. The van der Waals surface area contributed by atoms with E-state index in [1.807, 2.05) is 77.9 Å². The van der Waals surface area contributed by atoms with Crippen LogP contribution in [0.4, 0.5) is 4.79 Å². The predicted molar refractivity (Wildman–Crippen MR) is 227 cm³/mol. The first kappa shape index (κ1) is 44.4. The monoisotopic (exact) mass is 834 g/mol. The number of carbonyl (C=O) groups excluding carboxylic acids is 2. The molecule has 60 heavy (non-hydrogen) atoms. The van der Waals surface area contributed by atoms with Crippen molar-refractivity contribution in [2.45, 2.75) is 141 Å². The number of carbonyl (C=O) groups is 2. The first-order valence-corrected chi connectivity index (χ1v) is 21.9. The molecule has 5 heterocycles. The lowest BCUT2D eigenvalue weighted by Crippen LogP contribution is -2.60. The zero-order valence-corrected chi connectivity index (χ0v) is 37.0. The molecule has 4 fully saturated rings. The minimum absolute atomic E-state index is 0.0100. The van der Waals surface area contributed by atoms with Crippen molar-refractivity contribution < 1.29 is 48.0 Å². The average Bonchev–Trinajstić information content (AvgIpc) is 3.36. The Hall–Kier alpha value is -3.66. The number of oxime groups is 1. The number of rotatable bonds is 7. The molecule has 2 aromatic carbocycles. The van der Waals surface area contributed by atoms with Crippen molar-refractivity contribution in [1.29, 1.82) is 0 Å². The third kappa shape index (κ3) is 8.57. The Kier molecular flexibility index (Phi) is 13.3. The molecule has 14 nitrogen and oxygen atoms in total. The number of aliphatic imine (C=N–C) groups is 1. The number of hydrogen-bond donors (Lipinski definition) is 1. The van der Waals surface area contributed by atoms with E-state index in [-0.39, 0.29) is 43.8 Å². The van der Waals surface area contributed by atoms with E-state index >= 15 is 0 Å². The van der Waals surface area contributed by atoms with Crippen LogP contribution >= 0.6 is 0 Å². The Balaban J connectivity index is 1.31. The molecular weight excluding hydrogens is 769 g/mol. The fourth-order valence-electron chi connectivity index (χ4n) is 10.8. The maximum Gasteiger partial charge on any atom is 0.410 e. The standard InChI is InChI=1S/C46H66N4O10/c1-11-36-46(8)40-28(4)37(47-19-20-50(40)44(53)60-46)26(2)22-45(7)41(59-43-38(51)35(49(9)10)21-27(3)57-43)29(5)39(30(6)42(52)58-36)54-24-33(25-55-45)48-56-23-32-17-14-16-31-15-12-13-18-34(31)32/h12-18,26-30,35-36,38-41,43,51H,11,19-25H2,1-10H3/b48-33+/t26-,27+,28+,29+,30-,35-,36-,38+,39+,40-,41-,43-,45-,46-/m1/s1. The minimum atomic E-state index is -1.13. The Morgan fingerprint density at radius 1 is 1.02 bits per heavy atom. The largest absolute Gasteiger partial charge is 0.458 e. The molecule has 14 atom stereocenters. The second-order valence-corrected chi connectivity index (χ2v) is 18.4. The summed E-state index contributed by atoms with van der Waals surface area (Å²) in [6.45, 7) is 16.9. The molecule has 0 aromatic heterocycles. The zero-order chi connectivity index (χ0) is 43.1. The molecule has 330 valence electrons. The average molecular weight is 835 g/mol. The Bertz CT molecular complexity index is 1920. The summed E-state index contributed by atoms with van der Waals surface area (Å²) in [5.74, 6) is -2.22. The number of benzene rings is 2. The van der Waals surface area contributed by atoms with E-state index in [0.717, 1.165) is 22.0 Å². The lowest BCUT2D eigenvalue weighted by Gasteiger charge is -2.48. The van der Waals surface area contributed by atoms with Crippen molar-refractivity contribution in [3.8, 4) is 0 Å². The number of hydrogen-bond acceptors (Lipinski definition) is 13. The summed E-state index contributed by atoms with van der Waals surface area (Å²) in [6.07, 6.45) is -3.39. The third-order valence-corrected chi connectivity index (χ3v) is 13.8. The van der Waals surface area contributed by atoms with Gasteiger partial charge in [-0.1, -0.05) is 75.3 Å². The van der Waals surface area contributed by atoms with Gasteiger partial charge >= 0.3 is 12.1 Å². The number of aliphatic hydroxyl groups is 1.